The van der Waals surface area contributed by atoms with Gasteiger partial charge in [0.05, 0.1) is 0 Å². The molecule has 68 valence electrons. The fourth-order valence-corrected chi connectivity index (χ4v) is 0.952. The van der Waals surface area contributed by atoms with Crippen LogP contribution in [-0.4, -0.2) is 16.7 Å². The Labute approximate surface area is 72.1 Å². The molecule has 0 bridgehead atoms. The average molecular weight is 169 g/mol. The summed E-state index contributed by atoms with van der Waals surface area (Å²) >= 11 is 0. The zero-order valence-corrected chi connectivity index (χ0v) is 7.42. The van der Waals surface area contributed by atoms with Gasteiger partial charge < -0.3 is 10.3 Å². The predicted molar refractivity (Wildman–Crippen MR) is 45.7 cm³/mol. The van der Waals surface area contributed by atoms with Crippen LogP contribution >= 0.6 is 0 Å². The van der Waals surface area contributed by atoms with Crippen molar-refractivity contribution in [1.29, 1.82) is 0 Å². The quantitative estimate of drug-likeness (QED) is 0.711. The van der Waals surface area contributed by atoms with Crippen molar-refractivity contribution in [3.05, 3.63) is 11.7 Å². The summed E-state index contributed by atoms with van der Waals surface area (Å²) in [7, 11) is 0. The van der Waals surface area contributed by atoms with Gasteiger partial charge in [0.1, 0.15) is 0 Å². The summed E-state index contributed by atoms with van der Waals surface area (Å²) in [6.45, 7) is 2.70. The monoisotopic (exact) mass is 169 g/mol. The zero-order chi connectivity index (χ0) is 8.81. The summed E-state index contributed by atoms with van der Waals surface area (Å²) < 4.78 is 4.96. The van der Waals surface area contributed by atoms with Crippen LogP contribution in [0.3, 0.4) is 0 Å². The predicted octanol–water partition coefficient (Wildman–Crippen LogP) is 0.913. The van der Waals surface area contributed by atoms with Crippen molar-refractivity contribution >= 4 is 0 Å². The first-order chi connectivity index (χ1) is 5.86. The van der Waals surface area contributed by atoms with E-state index in [-0.39, 0.29) is 0 Å². The molecule has 0 amide bonds. The lowest BCUT2D eigenvalue weighted by Crippen LogP contribution is -2.02. The van der Waals surface area contributed by atoms with Gasteiger partial charge in [0.15, 0.2) is 5.82 Å². The van der Waals surface area contributed by atoms with Gasteiger partial charge in [-0.05, 0) is 6.42 Å². The number of rotatable bonds is 5. The molecule has 1 aromatic heterocycles. The minimum atomic E-state index is 0.565. The second-order valence-electron chi connectivity index (χ2n) is 2.75. The van der Waals surface area contributed by atoms with Crippen LogP contribution < -0.4 is 5.73 Å². The van der Waals surface area contributed by atoms with E-state index in [9.17, 15) is 0 Å². The van der Waals surface area contributed by atoms with Crippen molar-refractivity contribution in [2.75, 3.05) is 6.54 Å². The molecule has 1 aromatic rings. The van der Waals surface area contributed by atoms with Crippen molar-refractivity contribution in [1.82, 2.24) is 10.1 Å². The fraction of sp³-hybridized carbons (Fsp3) is 0.750. The summed E-state index contributed by atoms with van der Waals surface area (Å²) in [5.74, 6) is 1.46. The molecular weight excluding hydrogens is 154 g/mol. The third kappa shape index (κ3) is 2.62. The highest BCUT2D eigenvalue weighted by molar-refractivity contribution is 4.86. The van der Waals surface area contributed by atoms with Crippen LogP contribution in [0.15, 0.2) is 4.52 Å². The Bertz CT molecular complexity index is 222. The topological polar surface area (TPSA) is 64.9 Å². The standard InChI is InChI=1S/C8H15N3O/c1-2-3-4-7-10-8(5-6-9)12-11-7/h2-6,9H2,1H3. The van der Waals surface area contributed by atoms with Gasteiger partial charge in [-0.3, -0.25) is 0 Å². The SMILES string of the molecule is CCCCc1noc(CCN)n1. The van der Waals surface area contributed by atoms with Crippen LogP contribution in [0.4, 0.5) is 0 Å². The van der Waals surface area contributed by atoms with Gasteiger partial charge in [0.25, 0.3) is 0 Å². The summed E-state index contributed by atoms with van der Waals surface area (Å²) in [6, 6.07) is 0. The molecule has 12 heavy (non-hydrogen) atoms. The number of nitrogens with zero attached hydrogens (tertiary/aromatic N) is 2. The van der Waals surface area contributed by atoms with Crippen molar-refractivity contribution in [2.45, 2.75) is 32.6 Å². The van der Waals surface area contributed by atoms with E-state index in [4.69, 9.17) is 10.3 Å². The van der Waals surface area contributed by atoms with Gasteiger partial charge in [-0.25, -0.2) is 0 Å². The van der Waals surface area contributed by atoms with E-state index >= 15 is 0 Å². The third-order valence-corrected chi connectivity index (χ3v) is 1.62. The molecule has 0 saturated heterocycles. The number of hydrogen-bond acceptors (Lipinski definition) is 4. The Morgan fingerprint density at radius 2 is 2.25 bits per heavy atom. The van der Waals surface area contributed by atoms with Gasteiger partial charge in [0.2, 0.25) is 5.89 Å². The van der Waals surface area contributed by atoms with Gasteiger partial charge >= 0.3 is 0 Å². The Morgan fingerprint density at radius 3 is 2.92 bits per heavy atom. The molecule has 2 N–H and O–H groups in total. The Balaban J connectivity index is 2.41. The van der Waals surface area contributed by atoms with Crippen LogP contribution in [-0.2, 0) is 12.8 Å². The highest BCUT2D eigenvalue weighted by atomic mass is 16.5. The maximum atomic E-state index is 5.34. The number of aryl methyl sites for hydroxylation is 1. The largest absolute Gasteiger partial charge is 0.339 e. The number of nitrogens with two attached hydrogens (primary N) is 1. The minimum Gasteiger partial charge on any atom is -0.339 e. The maximum Gasteiger partial charge on any atom is 0.227 e. The second kappa shape index (κ2) is 4.87. The summed E-state index contributed by atoms with van der Waals surface area (Å²) in [5.41, 5.74) is 5.34. The molecule has 0 fully saturated rings. The van der Waals surface area contributed by atoms with E-state index in [1.165, 1.54) is 0 Å². The molecule has 1 heterocycles. The van der Waals surface area contributed by atoms with E-state index in [1.807, 2.05) is 0 Å². The smallest absolute Gasteiger partial charge is 0.227 e. The lowest BCUT2D eigenvalue weighted by atomic mass is 10.2. The first kappa shape index (κ1) is 9.19. The van der Waals surface area contributed by atoms with E-state index < -0.39 is 0 Å². The Hall–Kier alpha value is -0.900. The second-order valence-corrected chi connectivity index (χ2v) is 2.75. The molecule has 4 heteroatoms. The zero-order valence-electron chi connectivity index (χ0n) is 7.42. The molecule has 0 saturated carbocycles. The van der Waals surface area contributed by atoms with E-state index in [0.717, 1.165) is 25.1 Å². The van der Waals surface area contributed by atoms with Crippen molar-refractivity contribution < 1.29 is 4.52 Å². The van der Waals surface area contributed by atoms with Gasteiger partial charge in [-0.2, -0.15) is 4.98 Å². The van der Waals surface area contributed by atoms with Crippen molar-refractivity contribution in [3.63, 3.8) is 0 Å². The van der Waals surface area contributed by atoms with E-state index in [2.05, 4.69) is 17.1 Å². The summed E-state index contributed by atoms with van der Waals surface area (Å²) in [5, 5.41) is 3.83. The number of unbranched alkanes of at least 4 members (excludes halogenated alkanes) is 1. The van der Waals surface area contributed by atoms with Crippen molar-refractivity contribution in [3.8, 4) is 0 Å². The summed E-state index contributed by atoms with van der Waals surface area (Å²) in [4.78, 5) is 4.18. The van der Waals surface area contributed by atoms with Crippen LogP contribution in [0.5, 0.6) is 0 Å². The van der Waals surface area contributed by atoms with E-state index in [0.29, 0.717) is 18.9 Å². The Morgan fingerprint density at radius 1 is 1.42 bits per heavy atom. The molecule has 0 unspecified atom stereocenters. The highest BCUT2D eigenvalue weighted by Crippen LogP contribution is 2.01. The molecular formula is C8H15N3O. The van der Waals surface area contributed by atoms with Gasteiger partial charge in [-0.15, -0.1) is 0 Å². The lowest BCUT2D eigenvalue weighted by molar-refractivity contribution is 0.374. The number of aromatic nitrogens is 2. The van der Waals surface area contributed by atoms with Crippen LogP contribution in [0.2, 0.25) is 0 Å². The highest BCUT2D eigenvalue weighted by Gasteiger charge is 2.03. The van der Waals surface area contributed by atoms with E-state index in [1.54, 1.807) is 0 Å². The molecule has 1 rings (SSSR count). The molecule has 0 radical (unpaired) electrons. The molecule has 0 aromatic carbocycles. The number of hydrogen-bond donors (Lipinski definition) is 1. The molecule has 0 spiro atoms. The van der Waals surface area contributed by atoms with Crippen molar-refractivity contribution in [2.24, 2.45) is 5.73 Å². The maximum absolute atomic E-state index is 5.34. The first-order valence-corrected chi connectivity index (χ1v) is 4.38. The third-order valence-electron chi connectivity index (χ3n) is 1.62. The average Bonchev–Trinajstić information content (AvgIpc) is 2.50. The fourth-order valence-electron chi connectivity index (χ4n) is 0.952. The summed E-state index contributed by atoms with van der Waals surface area (Å²) in [6.07, 6.45) is 3.85. The molecule has 0 atom stereocenters. The van der Waals surface area contributed by atoms with Gasteiger partial charge in [0, 0.05) is 19.4 Å². The Kier molecular flexibility index (Phi) is 3.73. The molecule has 4 nitrogen and oxygen atoms in total. The normalized spacial score (nSPS) is 10.5. The minimum absolute atomic E-state index is 0.565. The van der Waals surface area contributed by atoms with Crippen LogP contribution in [0.25, 0.3) is 0 Å². The van der Waals surface area contributed by atoms with Crippen LogP contribution in [0, 0.1) is 0 Å². The first-order valence-electron chi connectivity index (χ1n) is 4.38. The molecule has 0 aliphatic rings. The molecule has 0 aliphatic carbocycles. The van der Waals surface area contributed by atoms with Crippen LogP contribution in [0.1, 0.15) is 31.5 Å². The lowest BCUT2D eigenvalue weighted by Gasteiger charge is -1.87. The molecule has 0 aliphatic heterocycles. The van der Waals surface area contributed by atoms with Gasteiger partial charge in [-0.1, -0.05) is 18.5 Å².